The summed E-state index contributed by atoms with van der Waals surface area (Å²) < 4.78 is 7.60. The van der Waals surface area contributed by atoms with Gasteiger partial charge in [-0.3, -0.25) is 9.36 Å². The normalized spacial score (nSPS) is 10.4. The highest BCUT2D eigenvalue weighted by Crippen LogP contribution is 2.26. The maximum Gasteiger partial charge on any atom is 0.347 e. The molecular weight excluding hydrogens is 346 g/mol. The summed E-state index contributed by atoms with van der Waals surface area (Å²) in [6.45, 7) is 0. The lowest BCUT2D eigenvalue weighted by Gasteiger charge is -2.09. The number of carbonyl (C=O) groups is 1. The van der Waals surface area contributed by atoms with Crippen molar-refractivity contribution in [3.63, 3.8) is 0 Å². The van der Waals surface area contributed by atoms with Gasteiger partial charge in [-0.25, -0.2) is 14.3 Å². The molecule has 9 heteroatoms. The van der Waals surface area contributed by atoms with Crippen LogP contribution in [-0.2, 0) is 14.1 Å². The van der Waals surface area contributed by atoms with Crippen LogP contribution in [0.3, 0.4) is 0 Å². The van der Waals surface area contributed by atoms with Crippen molar-refractivity contribution < 1.29 is 14.6 Å². The smallest absolute Gasteiger partial charge is 0.347 e. The Morgan fingerprint density at radius 3 is 2.62 bits per heavy atom. The molecule has 1 aromatic heterocycles. The van der Waals surface area contributed by atoms with E-state index in [2.05, 4.69) is 21.0 Å². The number of nitrogens with zero attached hydrogens (tertiary/aromatic N) is 3. The monoisotopic (exact) mass is 355 g/mol. The predicted octanol–water partition coefficient (Wildman–Crippen LogP) is 0.732. The summed E-state index contributed by atoms with van der Waals surface area (Å²) in [7, 11) is 2.63. The number of hydrogen-bond acceptors (Lipinski definition) is 5. The number of ether oxygens (including phenoxy) is 1. The van der Waals surface area contributed by atoms with Crippen molar-refractivity contribution in [2.24, 2.45) is 14.1 Å². The van der Waals surface area contributed by atoms with Crippen molar-refractivity contribution in [3.8, 4) is 11.6 Å². The van der Waals surface area contributed by atoms with E-state index >= 15 is 0 Å². The van der Waals surface area contributed by atoms with E-state index in [9.17, 15) is 14.4 Å². The van der Waals surface area contributed by atoms with Gasteiger partial charge in [-0.2, -0.15) is 0 Å². The molecule has 2 aromatic rings. The van der Waals surface area contributed by atoms with E-state index in [1.807, 2.05) is 0 Å². The zero-order valence-electron chi connectivity index (χ0n) is 11.0. The van der Waals surface area contributed by atoms with Gasteiger partial charge in [0.2, 0.25) is 0 Å². The Balaban J connectivity index is 2.58. The van der Waals surface area contributed by atoms with E-state index in [1.165, 1.54) is 32.3 Å². The van der Waals surface area contributed by atoms with Crippen LogP contribution in [0.4, 0.5) is 0 Å². The number of rotatable bonds is 3. The predicted molar refractivity (Wildman–Crippen MR) is 75.9 cm³/mol. The topological polar surface area (TPSA) is 103 Å². The number of carboxylic acid groups (broad SMARTS) is 1. The second-order valence-electron chi connectivity index (χ2n) is 4.12. The second kappa shape index (κ2) is 5.52. The van der Waals surface area contributed by atoms with Crippen molar-refractivity contribution in [2.45, 2.75) is 0 Å². The maximum absolute atomic E-state index is 11.9. The van der Waals surface area contributed by atoms with E-state index in [0.29, 0.717) is 4.47 Å². The number of benzene rings is 1. The molecule has 1 aromatic carbocycles. The Hall–Kier alpha value is -2.42. The molecule has 0 amide bonds. The second-order valence-corrected chi connectivity index (χ2v) is 5.04. The fraction of sp³-hybridized carbons (Fsp3) is 0.167. The first-order valence-electron chi connectivity index (χ1n) is 5.66. The standard InChI is InChI=1S/C12H10BrN3O5/c1-15-10(17)9(14-16(2)12(15)20)21-8-5-6(13)3-4-7(8)11(18)19/h3-5H,1-2H3,(H,18,19). The molecule has 0 aliphatic rings. The van der Waals surface area contributed by atoms with Gasteiger partial charge in [0.25, 0.3) is 0 Å². The minimum atomic E-state index is -1.21. The molecule has 110 valence electrons. The molecule has 1 heterocycles. The van der Waals surface area contributed by atoms with E-state index in [4.69, 9.17) is 9.84 Å². The fourth-order valence-corrected chi connectivity index (χ4v) is 1.93. The van der Waals surface area contributed by atoms with Crippen molar-refractivity contribution >= 4 is 21.9 Å². The number of aromatic nitrogens is 3. The van der Waals surface area contributed by atoms with Gasteiger partial charge in [0.05, 0.1) is 0 Å². The molecule has 0 fully saturated rings. The third-order valence-corrected chi connectivity index (χ3v) is 3.17. The van der Waals surface area contributed by atoms with Crippen LogP contribution in [-0.4, -0.2) is 25.4 Å². The van der Waals surface area contributed by atoms with Crippen LogP contribution in [0.5, 0.6) is 11.6 Å². The lowest BCUT2D eigenvalue weighted by Crippen LogP contribution is -2.38. The summed E-state index contributed by atoms with van der Waals surface area (Å²) in [5.74, 6) is -1.65. The molecule has 0 radical (unpaired) electrons. The highest BCUT2D eigenvalue weighted by molar-refractivity contribution is 9.10. The van der Waals surface area contributed by atoms with E-state index < -0.39 is 17.2 Å². The summed E-state index contributed by atoms with van der Waals surface area (Å²) in [6, 6.07) is 4.26. The number of halogens is 1. The minimum Gasteiger partial charge on any atom is -0.478 e. The van der Waals surface area contributed by atoms with Crippen LogP contribution >= 0.6 is 15.9 Å². The zero-order valence-corrected chi connectivity index (χ0v) is 12.6. The van der Waals surface area contributed by atoms with Crippen molar-refractivity contribution in [2.75, 3.05) is 0 Å². The Labute approximate surface area is 126 Å². The quantitative estimate of drug-likeness (QED) is 0.870. The average molecular weight is 356 g/mol. The SMILES string of the molecule is Cn1nc(Oc2cc(Br)ccc2C(=O)O)c(=O)n(C)c1=O. The van der Waals surface area contributed by atoms with Crippen molar-refractivity contribution in [1.82, 2.24) is 14.3 Å². The van der Waals surface area contributed by atoms with E-state index in [-0.39, 0.29) is 17.2 Å². The van der Waals surface area contributed by atoms with E-state index in [0.717, 1.165) is 9.25 Å². The Bertz CT molecular complexity index is 840. The zero-order chi connectivity index (χ0) is 15.7. The number of aromatic carboxylic acids is 1. The summed E-state index contributed by atoms with van der Waals surface area (Å²) in [4.78, 5) is 34.6. The average Bonchev–Trinajstić information content (AvgIpc) is 2.42. The van der Waals surface area contributed by atoms with Gasteiger partial charge in [0.1, 0.15) is 11.3 Å². The number of aryl methyl sites for hydroxylation is 1. The molecule has 0 saturated carbocycles. The van der Waals surface area contributed by atoms with Gasteiger partial charge in [0, 0.05) is 18.6 Å². The van der Waals surface area contributed by atoms with Crippen LogP contribution < -0.4 is 16.0 Å². The van der Waals surface area contributed by atoms with Crippen LogP contribution in [0.1, 0.15) is 10.4 Å². The van der Waals surface area contributed by atoms with Gasteiger partial charge in [-0.1, -0.05) is 15.9 Å². The molecule has 21 heavy (non-hydrogen) atoms. The number of hydrogen-bond donors (Lipinski definition) is 1. The highest BCUT2D eigenvalue weighted by Gasteiger charge is 2.16. The van der Waals surface area contributed by atoms with Crippen LogP contribution in [0, 0.1) is 0 Å². The third-order valence-electron chi connectivity index (χ3n) is 2.67. The molecule has 0 bridgehead atoms. The van der Waals surface area contributed by atoms with Gasteiger partial charge in [-0.15, -0.1) is 5.10 Å². The maximum atomic E-state index is 11.9. The lowest BCUT2D eigenvalue weighted by molar-refractivity contribution is 0.0694. The summed E-state index contributed by atoms with van der Waals surface area (Å²) in [6.07, 6.45) is 0. The van der Waals surface area contributed by atoms with Crippen LogP contribution in [0.25, 0.3) is 0 Å². The first-order valence-corrected chi connectivity index (χ1v) is 6.45. The van der Waals surface area contributed by atoms with Crippen molar-refractivity contribution in [3.05, 3.63) is 49.1 Å². The molecule has 0 unspecified atom stereocenters. The first kappa shape index (κ1) is 15.0. The van der Waals surface area contributed by atoms with E-state index in [1.54, 1.807) is 0 Å². The Morgan fingerprint density at radius 2 is 2.00 bits per heavy atom. The molecule has 0 spiro atoms. The molecule has 0 aliphatic heterocycles. The molecule has 1 N–H and O–H groups in total. The molecule has 0 atom stereocenters. The van der Waals surface area contributed by atoms with Gasteiger partial charge in [0.15, 0.2) is 0 Å². The Kier molecular flexibility index (Phi) is 3.94. The largest absolute Gasteiger partial charge is 0.478 e. The van der Waals surface area contributed by atoms with Crippen molar-refractivity contribution in [1.29, 1.82) is 0 Å². The highest BCUT2D eigenvalue weighted by atomic mass is 79.9. The van der Waals surface area contributed by atoms with Gasteiger partial charge in [-0.05, 0) is 18.2 Å². The lowest BCUT2D eigenvalue weighted by atomic mass is 10.2. The van der Waals surface area contributed by atoms with Gasteiger partial charge < -0.3 is 9.84 Å². The molecule has 0 aliphatic carbocycles. The van der Waals surface area contributed by atoms with Gasteiger partial charge >= 0.3 is 23.1 Å². The van der Waals surface area contributed by atoms with Crippen LogP contribution in [0.2, 0.25) is 0 Å². The van der Waals surface area contributed by atoms with Crippen LogP contribution in [0.15, 0.2) is 32.3 Å². The molecule has 2 rings (SSSR count). The Morgan fingerprint density at radius 1 is 1.33 bits per heavy atom. The summed E-state index contributed by atoms with van der Waals surface area (Å²) >= 11 is 3.19. The number of carboxylic acids is 1. The fourth-order valence-electron chi connectivity index (χ4n) is 1.59. The third kappa shape index (κ3) is 2.87. The summed E-state index contributed by atoms with van der Waals surface area (Å²) in [5, 5.41) is 12.8. The molecule has 8 nitrogen and oxygen atoms in total. The minimum absolute atomic E-state index is 0.0554. The summed E-state index contributed by atoms with van der Waals surface area (Å²) in [5.41, 5.74) is -1.50. The molecular formula is C12H10BrN3O5. The molecule has 0 saturated heterocycles. The first-order chi connectivity index (χ1) is 9.81.